The van der Waals surface area contributed by atoms with Gasteiger partial charge in [0, 0.05) is 47.0 Å². The third kappa shape index (κ3) is 11.1. The Labute approximate surface area is 342 Å². The van der Waals surface area contributed by atoms with Crippen molar-refractivity contribution in [3.8, 4) is 0 Å². The summed E-state index contributed by atoms with van der Waals surface area (Å²) in [5.41, 5.74) is 11.6. The molecule has 5 rings (SSSR count). The Morgan fingerprint density at radius 3 is 1.81 bits per heavy atom. The van der Waals surface area contributed by atoms with E-state index >= 15 is 0 Å². The largest absolute Gasteiger partial charge is 0.463 e. The Morgan fingerprint density at radius 2 is 1.31 bits per heavy atom. The van der Waals surface area contributed by atoms with Crippen molar-refractivity contribution < 1.29 is 76.0 Å². The van der Waals surface area contributed by atoms with Crippen LogP contribution in [-0.4, -0.2) is 131 Å². The lowest BCUT2D eigenvalue weighted by molar-refractivity contribution is -0.487. The number of hydrogen-bond acceptors (Lipinski definition) is 17. The van der Waals surface area contributed by atoms with Crippen LogP contribution in [0.4, 0.5) is 0 Å². The summed E-state index contributed by atoms with van der Waals surface area (Å²) in [5, 5.41) is 4.13. The number of carbonyl (C=O) groups is 3. The number of benzene rings is 2. The molecule has 3 heterocycles. The molecule has 2 aromatic rings. The normalized spacial score (nSPS) is 33.4. The molecule has 13 atom stereocenters. The van der Waals surface area contributed by atoms with Gasteiger partial charge in [0.1, 0.15) is 62.0 Å². The summed E-state index contributed by atoms with van der Waals surface area (Å²) in [5.74, 6) is -5.11. The smallest absolute Gasteiger partial charge is 0.303 e. The summed E-state index contributed by atoms with van der Waals surface area (Å²) in [6.07, 6.45) is -11.9. The lowest BCUT2D eigenvalue weighted by atomic mass is 9.90. The molecule has 3 fully saturated rings. The number of azide groups is 1. The topological polar surface area (TPSA) is 220 Å². The Kier molecular flexibility index (Phi) is 16.2. The van der Waals surface area contributed by atoms with E-state index < -0.39 is 104 Å². The van der Waals surface area contributed by atoms with Gasteiger partial charge in [-0.3, -0.25) is 14.4 Å². The van der Waals surface area contributed by atoms with Crippen molar-refractivity contribution in [1.29, 1.82) is 0 Å². The number of ether oxygens (including phenoxy) is 13. The number of methoxy groups -OCH3 is 3. The van der Waals surface area contributed by atoms with Crippen LogP contribution >= 0.6 is 0 Å². The minimum atomic E-state index is -1.61. The molecule has 59 heavy (non-hydrogen) atoms. The van der Waals surface area contributed by atoms with Crippen LogP contribution in [0, 0.1) is 0 Å². The van der Waals surface area contributed by atoms with Gasteiger partial charge in [0.25, 0.3) is 0 Å². The average Bonchev–Trinajstić information content (AvgIpc) is 3.22. The Bertz CT molecular complexity index is 1740. The summed E-state index contributed by atoms with van der Waals surface area (Å²) in [6.45, 7) is 6.30. The van der Waals surface area contributed by atoms with Gasteiger partial charge in [-0.2, -0.15) is 0 Å². The lowest BCUT2D eigenvalue weighted by Crippen LogP contribution is -2.75. The van der Waals surface area contributed by atoms with E-state index in [2.05, 4.69) is 10.0 Å². The number of carbonyl (C=O) groups excluding carboxylic acids is 3. The van der Waals surface area contributed by atoms with E-state index in [0.717, 1.165) is 11.1 Å². The van der Waals surface area contributed by atoms with E-state index in [9.17, 15) is 19.9 Å². The first-order chi connectivity index (χ1) is 28.3. The Morgan fingerprint density at radius 1 is 0.746 bits per heavy atom. The number of rotatable bonds is 18. The van der Waals surface area contributed by atoms with Gasteiger partial charge >= 0.3 is 17.9 Å². The van der Waals surface area contributed by atoms with Gasteiger partial charge < -0.3 is 61.6 Å². The van der Waals surface area contributed by atoms with Crippen LogP contribution in [0.5, 0.6) is 0 Å². The molecule has 0 spiro atoms. The number of nitrogens with zero attached hydrogens (tertiary/aromatic N) is 3. The fraction of sp³-hybridized carbons (Fsp3) is 0.625. The second-order valence-electron chi connectivity index (χ2n) is 14.3. The number of fused-ring (bicyclic) bond motifs is 1. The molecule has 0 radical (unpaired) electrons. The lowest BCUT2D eigenvalue weighted by Gasteiger charge is -2.58. The second kappa shape index (κ2) is 20.8. The zero-order chi connectivity index (χ0) is 42.7. The van der Waals surface area contributed by atoms with Crippen LogP contribution in [0.25, 0.3) is 10.4 Å². The van der Waals surface area contributed by atoms with Crippen molar-refractivity contribution in [2.75, 3.05) is 34.5 Å². The van der Waals surface area contributed by atoms with Crippen LogP contribution in [0.15, 0.2) is 65.8 Å². The van der Waals surface area contributed by atoms with Crippen molar-refractivity contribution >= 4 is 17.9 Å². The molecule has 0 aliphatic carbocycles. The standard InChI is InChI=1S/C40H53N3O16/c1-23(44)50-21-28-31(52-19-26-15-11-9-12-16-26)33(53-20-27-17-13-10-14-18-27)30(42-43-41)37(55-28)57-36-35-34(58-39(4,48-7)40(5,49-8)59-35)32(56-38(36)47-6)29(54-25(3)46)22-51-24(2)45/h9-18,28-38H,19-22H2,1-8H3/t28-,29+,30-,31-,32-,33-,34-,35+,36+,37-,38+,39+,40+/m1/s1. The van der Waals surface area contributed by atoms with Gasteiger partial charge in [0.05, 0.1) is 13.2 Å². The Hall–Kier alpha value is -4.24. The third-order valence-corrected chi connectivity index (χ3v) is 10.3. The van der Waals surface area contributed by atoms with Crippen molar-refractivity contribution in [1.82, 2.24) is 0 Å². The van der Waals surface area contributed by atoms with Crippen LogP contribution < -0.4 is 0 Å². The maximum Gasteiger partial charge on any atom is 0.303 e. The maximum atomic E-state index is 12.4. The molecular formula is C40H53N3O16. The van der Waals surface area contributed by atoms with Gasteiger partial charge in [-0.25, -0.2) is 0 Å². The fourth-order valence-corrected chi connectivity index (χ4v) is 7.15. The molecule has 19 nitrogen and oxygen atoms in total. The van der Waals surface area contributed by atoms with Crippen LogP contribution in [-0.2, 0) is 89.2 Å². The minimum Gasteiger partial charge on any atom is -0.463 e. The molecule has 0 aromatic heterocycles. The molecule has 19 heteroatoms. The van der Waals surface area contributed by atoms with Gasteiger partial charge in [0.2, 0.25) is 11.6 Å². The molecule has 324 valence electrons. The molecular weight excluding hydrogens is 778 g/mol. The van der Waals surface area contributed by atoms with Crippen molar-refractivity contribution in [3.63, 3.8) is 0 Å². The van der Waals surface area contributed by atoms with Crippen molar-refractivity contribution in [2.45, 2.75) is 127 Å². The highest BCUT2D eigenvalue weighted by Crippen LogP contribution is 2.46. The minimum absolute atomic E-state index is 0.0688. The van der Waals surface area contributed by atoms with Gasteiger partial charge in [-0.15, -0.1) is 0 Å². The zero-order valence-electron chi connectivity index (χ0n) is 34.3. The molecule has 0 N–H and O–H groups in total. The van der Waals surface area contributed by atoms with E-state index in [0.29, 0.717) is 0 Å². The highest BCUT2D eigenvalue weighted by molar-refractivity contribution is 5.67. The molecule has 2 aromatic carbocycles. The van der Waals surface area contributed by atoms with Crippen LogP contribution in [0.1, 0.15) is 45.7 Å². The van der Waals surface area contributed by atoms with E-state index in [1.54, 1.807) is 13.8 Å². The molecule has 0 unspecified atom stereocenters. The van der Waals surface area contributed by atoms with E-state index in [-0.39, 0.29) is 19.8 Å². The van der Waals surface area contributed by atoms with Crippen molar-refractivity contribution in [2.24, 2.45) is 5.11 Å². The highest BCUT2D eigenvalue weighted by Gasteiger charge is 2.65. The Balaban J connectivity index is 1.57. The van der Waals surface area contributed by atoms with E-state index in [4.69, 9.17) is 61.6 Å². The predicted molar refractivity (Wildman–Crippen MR) is 202 cm³/mol. The number of esters is 3. The average molecular weight is 832 g/mol. The molecule has 0 saturated carbocycles. The highest BCUT2D eigenvalue weighted by atomic mass is 16.8. The maximum absolute atomic E-state index is 12.4. The summed E-state index contributed by atoms with van der Waals surface area (Å²) >= 11 is 0. The summed E-state index contributed by atoms with van der Waals surface area (Å²) < 4.78 is 79.8. The first kappa shape index (κ1) is 45.8. The van der Waals surface area contributed by atoms with E-state index in [1.807, 2.05) is 60.7 Å². The van der Waals surface area contributed by atoms with Crippen LogP contribution in [0.3, 0.4) is 0 Å². The van der Waals surface area contributed by atoms with Crippen LogP contribution in [0.2, 0.25) is 0 Å². The van der Waals surface area contributed by atoms with Gasteiger partial charge in [-0.05, 0) is 30.5 Å². The first-order valence-electron chi connectivity index (χ1n) is 19.0. The number of hydrogen-bond donors (Lipinski definition) is 0. The zero-order valence-corrected chi connectivity index (χ0v) is 34.3. The fourth-order valence-electron chi connectivity index (χ4n) is 7.15. The molecule has 0 amide bonds. The SMILES string of the molecule is CO[C@H]1O[C@H]([C@H](COC(C)=O)OC(C)=O)[C@H]2O[C@](C)(OC)[C@@](C)(OC)O[C@@H]2[C@@H]1O[C@H]1O[C@H](COC(C)=O)[C@@H](OCc2ccccc2)[C@H](OCc2ccccc2)[C@H]1N=[N+]=[N-]. The quantitative estimate of drug-likeness (QED) is 0.0684. The van der Waals surface area contributed by atoms with Gasteiger partial charge in [-0.1, -0.05) is 65.8 Å². The predicted octanol–water partition coefficient (Wildman–Crippen LogP) is 3.88. The summed E-state index contributed by atoms with van der Waals surface area (Å²) in [7, 11) is 4.14. The monoisotopic (exact) mass is 831 g/mol. The van der Waals surface area contributed by atoms with Crippen molar-refractivity contribution in [3.05, 3.63) is 82.2 Å². The van der Waals surface area contributed by atoms with E-state index in [1.165, 1.54) is 42.1 Å². The van der Waals surface area contributed by atoms with Gasteiger partial charge in [0.15, 0.2) is 18.7 Å². The first-order valence-corrected chi connectivity index (χ1v) is 19.0. The second-order valence-corrected chi connectivity index (χ2v) is 14.3. The molecule has 0 bridgehead atoms. The summed E-state index contributed by atoms with van der Waals surface area (Å²) in [6, 6.07) is 17.5. The molecule has 3 aliphatic heterocycles. The molecule has 3 saturated heterocycles. The molecule has 3 aliphatic rings. The summed E-state index contributed by atoms with van der Waals surface area (Å²) in [4.78, 5) is 39.6. The third-order valence-electron chi connectivity index (χ3n) is 10.3.